The van der Waals surface area contributed by atoms with Gasteiger partial charge in [0.25, 0.3) is 5.91 Å². The molecule has 2 N–H and O–H groups in total. The fourth-order valence-corrected chi connectivity index (χ4v) is 4.46. The molecule has 174 valence electrons. The lowest BCUT2D eigenvalue weighted by molar-refractivity contribution is -0.141. The molecule has 0 radical (unpaired) electrons. The predicted molar refractivity (Wildman–Crippen MR) is 132 cm³/mol. The quantitative estimate of drug-likeness (QED) is 0.552. The first kappa shape index (κ1) is 24.3. The van der Waals surface area contributed by atoms with Gasteiger partial charge in [-0.2, -0.15) is 0 Å². The van der Waals surface area contributed by atoms with Crippen LogP contribution in [-0.4, -0.2) is 55.2 Å². The fourth-order valence-electron chi connectivity index (χ4n) is 4.46. The van der Waals surface area contributed by atoms with Crippen LogP contribution in [0.15, 0.2) is 48.5 Å². The van der Waals surface area contributed by atoms with Gasteiger partial charge in [0, 0.05) is 38.4 Å². The van der Waals surface area contributed by atoms with Crippen molar-refractivity contribution in [2.45, 2.75) is 52.1 Å². The lowest BCUT2D eigenvalue weighted by atomic mass is 9.87. The summed E-state index contributed by atoms with van der Waals surface area (Å²) in [5.41, 5.74) is 3.21. The number of amides is 1. The molecule has 1 saturated heterocycles. The Hall–Kier alpha value is -2.37. The number of hydrogen-bond acceptors (Lipinski definition) is 4. The summed E-state index contributed by atoms with van der Waals surface area (Å²) in [6, 6.07) is 16.0. The SMILES string of the molecule is CCCCC(O)(C(=O)NCCCN1CCN(c2cc(C)ccc2C)CC1)c1ccccc1. The second kappa shape index (κ2) is 11.5. The first-order chi connectivity index (χ1) is 15.4. The standard InChI is InChI=1S/C27H39N3O2/c1-4-5-14-27(32,24-10-7-6-8-11-24)26(31)28-15-9-16-29-17-19-30(20-18-29)25-21-22(2)12-13-23(25)3/h6-8,10-13,21,32H,4-5,9,14-20H2,1-3H3,(H,28,31). The van der Waals surface area contributed by atoms with Gasteiger partial charge in [0.05, 0.1) is 0 Å². The monoisotopic (exact) mass is 437 g/mol. The van der Waals surface area contributed by atoms with E-state index in [4.69, 9.17) is 0 Å². The molecule has 5 nitrogen and oxygen atoms in total. The van der Waals surface area contributed by atoms with Crippen LogP contribution in [0.1, 0.15) is 49.3 Å². The van der Waals surface area contributed by atoms with Crippen molar-refractivity contribution in [3.8, 4) is 0 Å². The Morgan fingerprint density at radius 2 is 1.75 bits per heavy atom. The third-order valence-electron chi connectivity index (χ3n) is 6.53. The van der Waals surface area contributed by atoms with Crippen LogP contribution < -0.4 is 10.2 Å². The van der Waals surface area contributed by atoms with Gasteiger partial charge in [-0.15, -0.1) is 0 Å². The molecule has 0 bridgehead atoms. The smallest absolute Gasteiger partial charge is 0.256 e. The van der Waals surface area contributed by atoms with E-state index in [0.717, 1.165) is 52.0 Å². The molecule has 2 aromatic rings. The van der Waals surface area contributed by atoms with Crippen LogP contribution in [-0.2, 0) is 10.4 Å². The van der Waals surface area contributed by atoms with E-state index in [2.05, 4.69) is 54.1 Å². The van der Waals surface area contributed by atoms with Crippen molar-refractivity contribution in [3.05, 3.63) is 65.2 Å². The number of benzene rings is 2. The van der Waals surface area contributed by atoms with Crippen molar-refractivity contribution >= 4 is 11.6 Å². The zero-order valence-corrected chi connectivity index (χ0v) is 19.9. The van der Waals surface area contributed by atoms with E-state index < -0.39 is 5.60 Å². The number of aliphatic hydroxyl groups is 1. The number of nitrogens with one attached hydrogen (secondary N) is 1. The molecule has 32 heavy (non-hydrogen) atoms. The van der Waals surface area contributed by atoms with Crippen LogP contribution in [0, 0.1) is 13.8 Å². The van der Waals surface area contributed by atoms with Crippen molar-refractivity contribution in [3.63, 3.8) is 0 Å². The van der Waals surface area contributed by atoms with Crippen LogP contribution in [0.2, 0.25) is 0 Å². The largest absolute Gasteiger partial charge is 0.375 e. The molecule has 1 amide bonds. The Bertz CT molecular complexity index is 862. The van der Waals surface area contributed by atoms with Gasteiger partial charge in [0.1, 0.15) is 0 Å². The second-order valence-corrected chi connectivity index (χ2v) is 9.06. The van der Waals surface area contributed by atoms with Gasteiger partial charge < -0.3 is 15.3 Å². The minimum Gasteiger partial charge on any atom is -0.375 e. The second-order valence-electron chi connectivity index (χ2n) is 9.06. The Kier molecular flexibility index (Phi) is 8.71. The van der Waals surface area contributed by atoms with E-state index in [1.54, 1.807) is 0 Å². The molecule has 0 aliphatic carbocycles. The maximum absolute atomic E-state index is 12.9. The summed E-state index contributed by atoms with van der Waals surface area (Å²) in [7, 11) is 0. The van der Waals surface area contributed by atoms with Crippen molar-refractivity contribution in [1.29, 1.82) is 0 Å². The predicted octanol–water partition coefficient (Wildman–Crippen LogP) is 4.01. The molecule has 1 aliphatic rings. The number of carbonyl (C=O) groups excluding carboxylic acids is 1. The fraction of sp³-hybridized carbons (Fsp3) is 0.519. The van der Waals surface area contributed by atoms with Crippen molar-refractivity contribution in [1.82, 2.24) is 10.2 Å². The van der Waals surface area contributed by atoms with E-state index in [0.29, 0.717) is 18.5 Å². The van der Waals surface area contributed by atoms with E-state index in [1.165, 1.54) is 16.8 Å². The van der Waals surface area contributed by atoms with Gasteiger partial charge in [-0.25, -0.2) is 0 Å². The van der Waals surface area contributed by atoms with Gasteiger partial charge in [0.2, 0.25) is 0 Å². The molecule has 5 heteroatoms. The van der Waals surface area contributed by atoms with Gasteiger partial charge in [-0.05, 0) is 62.4 Å². The number of aryl methyl sites for hydroxylation is 2. The van der Waals surface area contributed by atoms with Crippen LogP contribution in [0.5, 0.6) is 0 Å². The van der Waals surface area contributed by atoms with Crippen LogP contribution in [0.3, 0.4) is 0 Å². The maximum Gasteiger partial charge on any atom is 0.256 e. The molecular weight excluding hydrogens is 398 g/mol. The van der Waals surface area contributed by atoms with Crippen molar-refractivity contribution < 1.29 is 9.90 Å². The topological polar surface area (TPSA) is 55.8 Å². The zero-order chi connectivity index (χ0) is 23.0. The van der Waals surface area contributed by atoms with Gasteiger partial charge in [-0.3, -0.25) is 9.69 Å². The molecule has 1 unspecified atom stereocenters. The minimum atomic E-state index is -1.45. The molecule has 1 heterocycles. The average Bonchev–Trinajstić information content (AvgIpc) is 2.82. The lowest BCUT2D eigenvalue weighted by Crippen LogP contribution is -2.48. The van der Waals surface area contributed by atoms with Crippen molar-refractivity contribution in [2.24, 2.45) is 0 Å². The van der Waals surface area contributed by atoms with Gasteiger partial charge in [-0.1, -0.05) is 55.8 Å². The summed E-state index contributed by atoms with van der Waals surface area (Å²) >= 11 is 0. The maximum atomic E-state index is 12.9. The Morgan fingerprint density at radius 1 is 1.03 bits per heavy atom. The highest BCUT2D eigenvalue weighted by Crippen LogP contribution is 2.27. The minimum absolute atomic E-state index is 0.281. The summed E-state index contributed by atoms with van der Waals surface area (Å²) in [5.74, 6) is -0.281. The van der Waals surface area contributed by atoms with Crippen molar-refractivity contribution in [2.75, 3.05) is 44.2 Å². The molecular formula is C27H39N3O2. The lowest BCUT2D eigenvalue weighted by Gasteiger charge is -2.37. The number of rotatable bonds is 10. The molecule has 1 atom stereocenters. The molecule has 3 rings (SSSR count). The van der Waals surface area contributed by atoms with Crippen LogP contribution in [0.25, 0.3) is 0 Å². The Labute approximate surface area is 193 Å². The first-order valence-corrected chi connectivity index (χ1v) is 12.0. The summed E-state index contributed by atoms with van der Waals surface area (Å²) in [6.45, 7) is 12.1. The number of nitrogens with zero attached hydrogens (tertiary/aromatic N) is 2. The van der Waals surface area contributed by atoms with E-state index in [9.17, 15) is 9.90 Å². The van der Waals surface area contributed by atoms with E-state index >= 15 is 0 Å². The highest BCUT2D eigenvalue weighted by atomic mass is 16.3. The number of piperazine rings is 1. The molecule has 1 aliphatic heterocycles. The average molecular weight is 438 g/mol. The summed E-state index contributed by atoms with van der Waals surface area (Å²) in [4.78, 5) is 17.8. The number of carbonyl (C=O) groups is 1. The Balaban J connectivity index is 1.44. The number of anilines is 1. The molecule has 0 saturated carbocycles. The normalized spacial score (nSPS) is 16.6. The zero-order valence-electron chi connectivity index (χ0n) is 19.9. The molecule has 1 fully saturated rings. The third kappa shape index (κ3) is 6.11. The summed E-state index contributed by atoms with van der Waals surface area (Å²) < 4.78 is 0. The van der Waals surface area contributed by atoms with E-state index in [-0.39, 0.29) is 5.91 Å². The Morgan fingerprint density at radius 3 is 2.44 bits per heavy atom. The highest BCUT2D eigenvalue weighted by Gasteiger charge is 2.36. The summed E-state index contributed by atoms with van der Waals surface area (Å²) in [5, 5.41) is 14.2. The van der Waals surface area contributed by atoms with E-state index in [1.807, 2.05) is 30.3 Å². The molecule has 0 aromatic heterocycles. The number of unbranched alkanes of at least 4 members (excludes halogenated alkanes) is 1. The highest BCUT2D eigenvalue weighted by molar-refractivity contribution is 5.86. The van der Waals surface area contributed by atoms with Crippen LogP contribution >= 0.6 is 0 Å². The van der Waals surface area contributed by atoms with Gasteiger partial charge in [0.15, 0.2) is 5.60 Å². The molecule has 0 spiro atoms. The van der Waals surface area contributed by atoms with Gasteiger partial charge >= 0.3 is 0 Å². The number of hydrogen-bond donors (Lipinski definition) is 2. The first-order valence-electron chi connectivity index (χ1n) is 12.0. The van der Waals surface area contributed by atoms with Crippen LogP contribution in [0.4, 0.5) is 5.69 Å². The summed E-state index contributed by atoms with van der Waals surface area (Å²) in [6.07, 6.45) is 3.08. The molecule has 2 aromatic carbocycles. The third-order valence-corrected chi connectivity index (χ3v) is 6.53.